The van der Waals surface area contributed by atoms with Crippen LogP contribution in [0.15, 0.2) is 58.2 Å². The summed E-state index contributed by atoms with van der Waals surface area (Å²) in [4.78, 5) is 32.7. The van der Waals surface area contributed by atoms with Crippen molar-refractivity contribution in [1.29, 1.82) is 5.26 Å². The molecule has 2 saturated heterocycles. The van der Waals surface area contributed by atoms with Crippen molar-refractivity contribution >= 4 is 51.8 Å². The standard InChI is InChI=1S/C30H28FN5O3S2/c1-19-22(16-26-29(38)36(30(40)41-26)18-20-8-10-21(39-3)11-9-20)27(33(2)28(37)23(19)17-32)35-14-12-34(13-15-35)25-7-5-4-6-24(25)31/h4-11,16H,12-15,18H2,1-3H3. The van der Waals surface area contributed by atoms with Gasteiger partial charge in [0, 0.05) is 38.8 Å². The van der Waals surface area contributed by atoms with E-state index >= 15 is 0 Å². The molecule has 2 aliphatic heterocycles. The van der Waals surface area contributed by atoms with Gasteiger partial charge in [0.1, 0.15) is 33.3 Å². The van der Waals surface area contributed by atoms with Crippen molar-refractivity contribution in [2.75, 3.05) is 43.1 Å². The topological polar surface area (TPSA) is 81.8 Å². The van der Waals surface area contributed by atoms with Gasteiger partial charge in [-0.15, -0.1) is 0 Å². The number of nitriles is 1. The number of anilines is 2. The highest BCUT2D eigenvalue weighted by molar-refractivity contribution is 8.26. The first-order valence-corrected chi connectivity index (χ1v) is 14.2. The Bertz CT molecular complexity index is 1650. The van der Waals surface area contributed by atoms with Gasteiger partial charge < -0.3 is 14.5 Å². The number of aromatic nitrogens is 1. The molecule has 0 saturated carbocycles. The highest BCUT2D eigenvalue weighted by atomic mass is 32.2. The first kappa shape index (κ1) is 28.4. The second kappa shape index (κ2) is 11.8. The number of carbonyl (C=O) groups excluding carboxylic acids is 1. The predicted octanol–water partition coefficient (Wildman–Crippen LogP) is 4.44. The number of ether oxygens (including phenoxy) is 1. The van der Waals surface area contributed by atoms with Gasteiger partial charge in [0.2, 0.25) is 0 Å². The van der Waals surface area contributed by atoms with Crippen LogP contribution < -0.4 is 20.1 Å². The van der Waals surface area contributed by atoms with Gasteiger partial charge >= 0.3 is 0 Å². The highest BCUT2D eigenvalue weighted by Crippen LogP contribution is 2.37. The summed E-state index contributed by atoms with van der Waals surface area (Å²) in [6.45, 7) is 4.16. The summed E-state index contributed by atoms with van der Waals surface area (Å²) >= 11 is 6.76. The summed E-state index contributed by atoms with van der Waals surface area (Å²) in [5, 5.41) is 9.78. The Labute approximate surface area is 247 Å². The Morgan fingerprint density at radius 1 is 1.07 bits per heavy atom. The van der Waals surface area contributed by atoms with Crippen LogP contribution in [0.1, 0.15) is 22.3 Å². The second-order valence-corrected chi connectivity index (χ2v) is 11.4. The molecule has 210 valence electrons. The third-order valence-corrected chi connectivity index (χ3v) is 8.77. The lowest BCUT2D eigenvalue weighted by Gasteiger charge is -2.38. The zero-order valence-corrected chi connectivity index (χ0v) is 24.5. The molecule has 2 aromatic carbocycles. The maximum absolute atomic E-state index is 14.4. The van der Waals surface area contributed by atoms with Crippen molar-refractivity contribution in [1.82, 2.24) is 9.47 Å². The van der Waals surface area contributed by atoms with Crippen LogP contribution in [-0.4, -0.2) is 53.0 Å². The molecule has 1 amide bonds. The molecule has 2 aliphatic rings. The third kappa shape index (κ3) is 5.45. The van der Waals surface area contributed by atoms with E-state index in [-0.39, 0.29) is 17.3 Å². The smallest absolute Gasteiger partial charge is 0.270 e. The number of methoxy groups -OCH3 is 1. The summed E-state index contributed by atoms with van der Waals surface area (Å²) in [5.41, 5.74) is 2.19. The first-order valence-electron chi connectivity index (χ1n) is 13.0. The molecule has 3 heterocycles. The molecule has 0 aliphatic carbocycles. The van der Waals surface area contributed by atoms with Crippen molar-refractivity contribution in [2.24, 2.45) is 7.05 Å². The number of carbonyl (C=O) groups is 1. The quantitative estimate of drug-likeness (QED) is 0.309. The fourth-order valence-corrected chi connectivity index (χ4v) is 6.38. The van der Waals surface area contributed by atoms with Gasteiger partial charge in [-0.3, -0.25) is 19.1 Å². The minimum atomic E-state index is -0.402. The SMILES string of the molecule is COc1ccc(CN2C(=O)C(=Cc3c(C)c(C#N)c(=O)n(C)c3N3CCN(c4ccccc4F)CC3)SC2=S)cc1. The van der Waals surface area contributed by atoms with Crippen LogP contribution in [0.2, 0.25) is 0 Å². The monoisotopic (exact) mass is 589 g/mol. The number of benzene rings is 2. The molecule has 8 nitrogen and oxygen atoms in total. The van der Waals surface area contributed by atoms with E-state index in [4.69, 9.17) is 17.0 Å². The van der Waals surface area contributed by atoms with Crippen LogP contribution in [0.3, 0.4) is 0 Å². The molecule has 0 bridgehead atoms. The summed E-state index contributed by atoms with van der Waals surface area (Å²) in [6.07, 6.45) is 1.74. The Morgan fingerprint density at radius 3 is 2.37 bits per heavy atom. The van der Waals surface area contributed by atoms with Crippen LogP contribution in [0, 0.1) is 24.1 Å². The number of hydrogen-bond donors (Lipinski definition) is 0. The fraction of sp³-hybridized carbons (Fsp3) is 0.267. The van der Waals surface area contributed by atoms with E-state index < -0.39 is 5.56 Å². The summed E-state index contributed by atoms with van der Waals surface area (Å²) < 4.78 is 21.5. The zero-order chi connectivity index (χ0) is 29.3. The van der Waals surface area contributed by atoms with Crippen LogP contribution in [-0.2, 0) is 18.4 Å². The Hall–Kier alpha value is -4.14. The van der Waals surface area contributed by atoms with E-state index in [1.807, 2.05) is 35.2 Å². The number of halogens is 1. The van der Waals surface area contributed by atoms with Crippen molar-refractivity contribution in [3.63, 3.8) is 0 Å². The number of rotatable bonds is 6. The van der Waals surface area contributed by atoms with E-state index in [9.17, 15) is 19.2 Å². The molecule has 0 N–H and O–H groups in total. The number of pyridine rings is 1. The number of hydrogen-bond acceptors (Lipinski definition) is 8. The minimum Gasteiger partial charge on any atom is -0.497 e. The average Bonchev–Trinajstić information content (AvgIpc) is 3.24. The van der Waals surface area contributed by atoms with E-state index in [2.05, 4.69) is 4.90 Å². The number of piperazine rings is 1. The Morgan fingerprint density at radius 2 is 1.73 bits per heavy atom. The lowest BCUT2D eigenvalue weighted by molar-refractivity contribution is -0.122. The van der Waals surface area contributed by atoms with Gasteiger partial charge in [-0.2, -0.15) is 5.26 Å². The molecule has 5 rings (SSSR count). The van der Waals surface area contributed by atoms with E-state index in [0.717, 1.165) is 11.3 Å². The van der Waals surface area contributed by atoms with Gasteiger partial charge in [-0.1, -0.05) is 48.2 Å². The van der Waals surface area contributed by atoms with Crippen LogP contribution in [0.25, 0.3) is 6.08 Å². The normalized spacial score (nSPS) is 16.5. The Kier molecular flexibility index (Phi) is 8.15. The molecule has 0 unspecified atom stereocenters. The number of para-hydroxylation sites is 1. The van der Waals surface area contributed by atoms with Crippen LogP contribution in [0.5, 0.6) is 5.75 Å². The van der Waals surface area contributed by atoms with Crippen molar-refractivity contribution in [2.45, 2.75) is 13.5 Å². The zero-order valence-electron chi connectivity index (χ0n) is 22.9. The molecule has 41 heavy (non-hydrogen) atoms. The maximum atomic E-state index is 14.4. The number of thiocarbonyl (C=S) groups is 1. The lowest BCUT2D eigenvalue weighted by Crippen LogP contribution is -2.48. The molecule has 0 spiro atoms. The predicted molar refractivity (Wildman–Crippen MR) is 164 cm³/mol. The van der Waals surface area contributed by atoms with Gasteiger partial charge in [-0.05, 0) is 48.4 Å². The molecule has 0 radical (unpaired) electrons. The lowest BCUT2D eigenvalue weighted by atomic mass is 10.0. The van der Waals surface area contributed by atoms with Crippen molar-refractivity contribution in [3.05, 3.63) is 91.9 Å². The minimum absolute atomic E-state index is 0.0289. The van der Waals surface area contributed by atoms with Gasteiger partial charge in [0.05, 0.1) is 24.2 Å². The molecule has 11 heteroatoms. The number of amides is 1. The van der Waals surface area contributed by atoms with E-state index in [0.29, 0.717) is 64.6 Å². The third-order valence-electron chi connectivity index (χ3n) is 7.39. The van der Waals surface area contributed by atoms with Crippen molar-refractivity contribution in [3.8, 4) is 11.8 Å². The number of nitrogens with zero attached hydrogens (tertiary/aromatic N) is 5. The molecule has 0 atom stereocenters. The highest BCUT2D eigenvalue weighted by Gasteiger charge is 2.33. The molecule has 1 aromatic heterocycles. The van der Waals surface area contributed by atoms with E-state index in [1.165, 1.54) is 22.4 Å². The van der Waals surface area contributed by atoms with Crippen LogP contribution in [0.4, 0.5) is 15.9 Å². The first-order chi connectivity index (χ1) is 19.7. The molecule has 2 fully saturated rings. The molecular weight excluding hydrogens is 561 g/mol. The van der Waals surface area contributed by atoms with Gasteiger partial charge in [0.15, 0.2) is 0 Å². The van der Waals surface area contributed by atoms with Gasteiger partial charge in [0.25, 0.3) is 11.5 Å². The van der Waals surface area contributed by atoms with Crippen molar-refractivity contribution < 1.29 is 13.9 Å². The largest absolute Gasteiger partial charge is 0.497 e. The summed E-state index contributed by atoms with van der Waals surface area (Å²) in [7, 11) is 3.23. The molecular formula is C30H28FN5O3S2. The van der Waals surface area contributed by atoms with E-state index in [1.54, 1.807) is 50.3 Å². The van der Waals surface area contributed by atoms with Gasteiger partial charge in [-0.25, -0.2) is 4.39 Å². The average molecular weight is 590 g/mol. The fourth-order valence-electron chi connectivity index (χ4n) is 5.14. The number of thioether (sulfide) groups is 1. The summed E-state index contributed by atoms with van der Waals surface area (Å²) in [6, 6.07) is 16.1. The summed E-state index contributed by atoms with van der Waals surface area (Å²) in [5.74, 6) is 0.817. The molecule has 3 aromatic rings. The second-order valence-electron chi connectivity index (χ2n) is 9.75. The maximum Gasteiger partial charge on any atom is 0.270 e. The van der Waals surface area contributed by atoms with Crippen LogP contribution >= 0.6 is 24.0 Å². The Balaban J connectivity index is 1.47.